The van der Waals surface area contributed by atoms with Gasteiger partial charge in [0, 0.05) is 17.2 Å². The molecule has 7 heteroatoms. The van der Waals surface area contributed by atoms with Crippen LogP contribution in [0.25, 0.3) is 0 Å². The zero-order valence-electron chi connectivity index (χ0n) is 14.3. The van der Waals surface area contributed by atoms with Crippen molar-refractivity contribution < 1.29 is 9.59 Å². The molecule has 1 aromatic heterocycles. The maximum absolute atomic E-state index is 12.0. The minimum atomic E-state index is -0.219. The predicted octanol–water partition coefficient (Wildman–Crippen LogP) is 2.34. The molecule has 0 unspecified atom stereocenters. The number of nitrogens with one attached hydrogen (secondary N) is 2. The van der Waals surface area contributed by atoms with Gasteiger partial charge >= 0.3 is 0 Å². The zero-order chi connectivity index (χ0) is 18.2. The molecule has 0 saturated carbocycles. The van der Waals surface area contributed by atoms with E-state index in [1.54, 1.807) is 30.3 Å². The number of benzene rings is 1. The smallest absolute Gasteiger partial charge is 0.239 e. The number of anilines is 1. The summed E-state index contributed by atoms with van der Waals surface area (Å²) < 4.78 is 0.841. The van der Waals surface area contributed by atoms with Crippen molar-refractivity contribution in [1.82, 2.24) is 15.2 Å². The molecule has 0 fully saturated rings. The average molecular weight is 405 g/mol. The molecule has 0 spiro atoms. The van der Waals surface area contributed by atoms with Gasteiger partial charge in [0.2, 0.25) is 11.8 Å². The molecule has 25 heavy (non-hydrogen) atoms. The summed E-state index contributed by atoms with van der Waals surface area (Å²) in [6, 6.07) is 11.5. The Hall–Kier alpha value is -2.25. The second-order valence-corrected chi connectivity index (χ2v) is 6.76. The SMILES string of the molecule is Cc1ccc(CNC(=O)CN(C)CC(=O)Nc2ccc(Br)cn2)cc1. The molecule has 0 bridgehead atoms. The lowest BCUT2D eigenvalue weighted by Gasteiger charge is -2.16. The Bertz CT molecular complexity index is 717. The van der Waals surface area contributed by atoms with Crippen LogP contribution in [0.5, 0.6) is 0 Å². The van der Waals surface area contributed by atoms with Crippen LogP contribution in [0.3, 0.4) is 0 Å². The quantitative estimate of drug-likeness (QED) is 0.742. The van der Waals surface area contributed by atoms with Gasteiger partial charge in [-0.3, -0.25) is 14.5 Å². The highest BCUT2D eigenvalue weighted by Crippen LogP contribution is 2.10. The molecule has 1 heterocycles. The van der Waals surface area contributed by atoms with Gasteiger partial charge in [0.15, 0.2) is 0 Å². The highest BCUT2D eigenvalue weighted by atomic mass is 79.9. The number of carbonyl (C=O) groups excluding carboxylic acids is 2. The van der Waals surface area contributed by atoms with Gasteiger partial charge in [0.05, 0.1) is 13.1 Å². The third-order valence-electron chi connectivity index (χ3n) is 3.43. The Kier molecular flexibility index (Phi) is 7.09. The summed E-state index contributed by atoms with van der Waals surface area (Å²) >= 11 is 3.29. The molecule has 0 aliphatic heterocycles. The molecule has 0 aliphatic carbocycles. The van der Waals surface area contributed by atoms with Gasteiger partial charge < -0.3 is 10.6 Å². The van der Waals surface area contributed by atoms with E-state index in [4.69, 9.17) is 0 Å². The first-order valence-electron chi connectivity index (χ1n) is 7.84. The van der Waals surface area contributed by atoms with E-state index in [1.165, 1.54) is 5.56 Å². The van der Waals surface area contributed by atoms with Gasteiger partial charge in [-0.1, -0.05) is 29.8 Å². The Labute approximate surface area is 155 Å². The number of rotatable bonds is 7. The normalized spacial score (nSPS) is 10.6. The van der Waals surface area contributed by atoms with Crippen LogP contribution in [0.15, 0.2) is 47.1 Å². The van der Waals surface area contributed by atoms with E-state index in [-0.39, 0.29) is 24.9 Å². The maximum Gasteiger partial charge on any atom is 0.239 e. The van der Waals surface area contributed by atoms with Crippen molar-refractivity contribution in [2.24, 2.45) is 0 Å². The lowest BCUT2D eigenvalue weighted by atomic mass is 10.1. The molecule has 2 aromatic rings. The van der Waals surface area contributed by atoms with E-state index in [1.807, 2.05) is 31.2 Å². The minimum absolute atomic E-state index is 0.107. The number of aromatic nitrogens is 1. The molecule has 0 saturated heterocycles. The van der Waals surface area contributed by atoms with Crippen LogP contribution in [0, 0.1) is 6.92 Å². The minimum Gasteiger partial charge on any atom is -0.351 e. The number of hydrogen-bond acceptors (Lipinski definition) is 4. The van der Waals surface area contributed by atoms with Crippen molar-refractivity contribution >= 4 is 33.6 Å². The van der Waals surface area contributed by atoms with Gasteiger partial charge in [0.25, 0.3) is 0 Å². The van der Waals surface area contributed by atoms with Crippen molar-refractivity contribution in [3.05, 3.63) is 58.2 Å². The molecule has 2 rings (SSSR count). The van der Waals surface area contributed by atoms with E-state index < -0.39 is 0 Å². The van der Waals surface area contributed by atoms with Crippen molar-refractivity contribution in [3.63, 3.8) is 0 Å². The molecule has 2 N–H and O–H groups in total. The topological polar surface area (TPSA) is 74.3 Å². The third-order valence-corrected chi connectivity index (χ3v) is 3.90. The molecule has 132 valence electrons. The number of aryl methyl sites for hydroxylation is 1. The first-order chi connectivity index (χ1) is 11.9. The van der Waals surface area contributed by atoms with Crippen LogP contribution < -0.4 is 10.6 Å². The molecule has 0 aliphatic rings. The third kappa shape index (κ3) is 7.03. The highest BCUT2D eigenvalue weighted by Gasteiger charge is 2.11. The Morgan fingerprint density at radius 2 is 1.76 bits per heavy atom. The van der Waals surface area contributed by atoms with Gasteiger partial charge in [-0.2, -0.15) is 0 Å². The van der Waals surface area contributed by atoms with Crippen molar-refractivity contribution in [3.8, 4) is 0 Å². The Morgan fingerprint density at radius 3 is 2.40 bits per heavy atom. The van der Waals surface area contributed by atoms with E-state index in [2.05, 4.69) is 31.5 Å². The summed E-state index contributed by atoms with van der Waals surface area (Å²) in [5.74, 6) is 0.131. The molecule has 2 amide bonds. The van der Waals surface area contributed by atoms with Gasteiger partial charge in [-0.15, -0.1) is 0 Å². The molecular formula is C18H21BrN4O2. The van der Waals surface area contributed by atoms with E-state index in [0.29, 0.717) is 12.4 Å². The monoisotopic (exact) mass is 404 g/mol. The first-order valence-corrected chi connectivity index (χ1v) is 8.64. The van der Waals surface area contributed by atoms with Crippen LogP contribution in [0.1, 0.15) is 11.1 Å². The fourth-order valence-corrected chi connectivity index (χ4v) is 2.38. The lowest BCUT2D eigenvalue weighted by Crippen LogP contribution is -2.38. The molecule has 6 nitrogen and oxygen atoms in total. The fourth-order valence-electron chi connectivity index (χ4n) is 2.14. The van der Waals surface area contributed by atoms with Crippen LogP contribution in [-0.2, 0) is 16.1 Å². The second-order valence-electron chi connectivity index (χ2n) is 5.84. The number of amides is 2. The number of nitrogens with zero attached hydrogens (tertiary/aromatic N) is 2. The van der Waals surface area contributed by atoms with E-state index in [9.17, 15) is 9.59 Å². The number of carbonyl (C=O) groups is 2. The summed E-state index contributed by atoms with van der Waals surface area (Å²) in [6.45, 7) is 2.75. The summed E-state index contributed by atoms with van der Waals surface area (Å²) in [7, 11) is 1.72. The number of likely N-dealkylation sites (N-methyl/N-ethyl adjacent to an activating group) is 1. The van der Waals surface area contributed by atoms with Crippen LogP contribution >= 0.6 is 15.9 Å². The van der Waals surface area contributed by atoms with E-state index >= 15 is 0 Å². The van der Waals surface area contributed by atoms with Gasteiger partial charge in [-0.25, -0.2) is 4.98 Å². The second kappa shape index (κ2) is 9.29. The van der Waals surface area contributed by atoms with Crippen LogP contribution in [0.2, 0.25) is 0 Å². The van der Waals surface area contributed by atoms with Crippen molar-refractivity contribution in [2.45, 2.75) is 13.5 Å². The van der Waals surface area contributed by atoms with Crippen molar-refractivity contribution in [2.75, 3.05) is 25.5 Å². The summed E-state index contributed by atoms with van der Waals surface area (Å²) in [4.78, 5) is 29.7. The first kappa shape index (κ1) is 19.1. The summed E-state index contributed by atoms with van der Waals surface area (Å²) in [6.07, 6.45) is 1.61. The van der Waals surface area contributed by atoms with Crippen molar-refractivity contribution in [1.29, 1.82) is 0 Å². The molecule has 1 aromatic carbocycles. The van der Waals surface area contributed by atoms with Crippen LogP contribution in [-0.4, -0.2) is 41.8 Å². The molecular weight excluding hydrogens is 384 g/mol. The lowest BCUT2D eigenvalue weighted by molar-refractivity contribution is -0.123. The molecule has 0 radical (unpaired) electrons. The highest BCUT2D eigenvalue weighted by molar-refractivity contribution is 9.10. The van der Waals surface area contributed by atoms with Crippen LogP contribution in [0.4, 0.5) is 5.82 Å². The zero-order valence-corrected chi connectivity index (χ0v) is 15.8. The Balaban J connectivity index is 1.72. The maximum atomic E-state index is 12.0. The summed E-state index contributed by atoms with van der Waals surface area (Å²) in [5.41, 5.74) is 2.22. The molecule has 0 atom stereocenters. The Morgan fingerprint density at radius 1 is 1.08 bits per heavy atom. The predicted molar refractivity (Wildman–Crippen MR) is 101 cm³/mol. The van der Waals surface area contributed by atoms with Gasteiger partial charge in [-0.05, 0) is 47.6 Å². The standard InChI is InChI=1S/C18H21BrN4O2/c1-13-3-5-14(6-4-13)9-21-17(24)11-23(2)12-18(25)22-16-8-7-15(19)10-20-16/h3-8,10H,9,11-12H2,1-2H3,(H,21,24)(H,20,22,25). The largest absolute Gasteiger partial charge is 0.351 e. The number of hydrogen-bond donors (Lipinski definition) is 2. The van der Waals surface area contributed by atoms with E-state index in [0.717, 1.165) is 10.0 Å². The van der Waals surface area contributed by atoms with Gasteiger partial charge in [0.1, 0.15) is 5.82 Å². The number of pyridine rings is 1. The number of halogens is 1. The summed E-state index contributed by atoms with van der Waals surface area (Å²) in [5, 5.41) is 5.54. The fraction of sp³-hybridized carbons (Fsp3) is 0.278. The average Bonchev–Trinajstić information content (AvgIpc) is 2.56.